The number of nitrogens with zero attached hydrogens (tertiary/aromatic N) is 2. The Balaban J connectivity index is 1.15. The predicted octanol–water partition coefficient (Wildman–Crippen LogP) is 15.0. The average Bonchev–Trinajstić information content (AvgIpc) is 4.08. The SMILES string of the molecule is N=Cc1ccc(-n2c3ccc(-c4ccccc4)cc3c3c4oc5ccccc5c4ccc32)c(C=N)c1-n1c2ccc(-c3ccccc3)cc2c2c3oc4ccccc4c3ccc21. The number of hydrogen-bond donors (Lipinski definition) is 2. The minimum Gasteiger partial charge on any atom is -0.455 e. The van der Waals surface area contributed by atoms with Crippen LogP contribution in [0.2, 0.25) is 0 Å². The van der Waals surface area contributed by atoms with Crippen molar-refractivity contribution in [2.45, 2.75) is 0 Å². The minimum atomic E-state index is 0.678. The summed E-state index contributed by atoms with van der Waals surface area (Å²) in [4.78, 5) is 0. The summed E-state index contributed by atoms with van der Waals surface area (Å²) in [7, 11) is 0. The summed E-state index contributed by atoms with van der Waals surface area (Å²) in [5, 5.41) is 26.4. The summed E-state index contributed by atoms with van der Waals surface area (Å²) < 4.78 is 18.0. The molecule has 6 nitrogen and oxygen atoms in total. The number of benzene rings is 9. The molecule has 290 valence electrons. The molecule has 0 saturated heterocycles. The van der Waals surface area contributed by atoms with Gasteiger partial charge >= 0.3 is 0 Å². The molecule has 0 unspecified atom stereocenters. The molecule has 4 heterocycles. The first-order chi connectivity index (χ1) is 30.7. The normalized spacial score (nSPS) is 12.0. The lowest BCUT2D eigenvalue weighted by Crippen LogP contribution is -2.09. The molecular weight excluding hydrogens is 761 g/mol. The molecule has 0 radical (unpaired) electrons. The number of nitrogens with one attached hydrogen (secondary N) is 2. The molecule has 62 heavy (non-hydrogen) atoms. The van der Waals surface area contributed by atoms with Crippen molar-refractivity contribution in [1.29, 1.82) is 10.8 Å². The quantitative estimate of drug-likeness (QED) is 0.164. The van der Waals surface area contributed by atoms with Crippen LogP contribution in [0.1, 0.15) is 11.1 Å². The van der Waals surface area contributed by atoms with Crippen molar-refractivity contribution >= 4 is 99.9 Å². The molecule has 0 aliphatic heterocycles. The third kappa shape index (κ3) is 4.74. The van der Waals surface area contributed by atoms with Crippen LogP contribution in [0, 0.1) is 10.8 Å². The molecule has 0 spiro atoms. The van der Waals surface area contributed by atoms with Gasteiger partial charge in [-0.15, -0.1) is 0 Å². The molecule has 0 amide bonds. The zero-order valence-corrected chi connectivity index (χ0v) is 33.2. The molecule has 0 atom stereocenters. The zero-order chi connectivity index (χ0) is 41.1. The molecule has 0 saturated carbocycles. The van der Waals surface area contributed by atoms with Crippen molar-refractivity contribution in [1.82, 2.24) is 9.13 Å². The van der Waals surface area contributed by atoms with Crippen LogP contribution < -0.4 is 0 Å². The van der Waals surface area contributed by atoms with E-state index < -0.39 is 0 Å². The van der Waals surface area contributed by atoms with Gasteiger partial charge in [0.2, 0.25) is 0 Å². The second-order valence-electron chi connectivity index (χ2n) is 16.0. The highest BCUT2D eigenvalue weighted by Gasteiger charge is 2.26. The smallest absolute Gasteiger partial charge is 0.145 e. The van der Waals surface area contributed by atoms with Gasteiger partial charge in [-0.1, -0.05) is 109 Å². The van der Waals surface area contributed by atoms with Gasteiger partial charge in [-0.3, -0.25) is 0 Å². The maximum absolute atomic E-state index is 9.27. The summed E-state index contributed by atoms with van der Waals surface area (Å²) in [6.07, 6.45) is 2.85. The lowest BCUT2D eigenvalue weighted by Gasteiger charge is -2.19. The lowest BCUT2D eigenvalue weighted by atomic mass is 10.0. The second kappa shape index (κ2) is 13.0. The Morgan fingerprint density at radius 1 is 0.371 bits per heavy atom. The van der Waals surface area contributed by atoms with Gasteiger partial charge < -0.3 is 28.8 Å². The van der Waals surface area contributed by atoms with Gasteiger partial charge in [-0.25, -0.2) is 0 Å². The van der Waals surface area contributed by atoms with Crippen LogP contribution in [0.5, 0.6) is 0 Å². The monoisotopic (exact) mass is 794 g/mol. The van der Waals surface area contributed by atoms with E-state index in [-0.39, 0.29) is 0 Å². The van der Waals surface area contributed by atoms with Crippen LogP contribution in [-0.4, -0.2) is 21.6 Å². The predicted molar refractivity (Wildman–Crippen MR) is 256 cm³/mol. The van der Waals surface area contributed by atoms with E-state index >= 15 is 0 Å². The summed E-state index contributed by atoms with van der Waals surface area (Å²) in [6.45, 7) is 0. The molecule has 2 N–H and O–H groups in total. The van der Waals surface area contributed by atoms with Crippen molar-refractivity contribution in [3.8, 4) is 33.6 Å². The van der Waals surface area contributed by atoms with Crippen LogP contribution >= 0.6 is 0 Å². The third-order valence-electron chi connectivity index (χ3n) is 12.7. The van der Waals surface area contributed by atoms with E-state index in [9.17, 15) is 5.41 Å². The van der Waals surface area contributed by atoms with Gasteiger partial charge in [0, 0.05) is 55.9 Å². The summed E-state index contributed by atoms with van der Waals surface area (Å²) in [5.74, 6) is 0. The van der Waals surface area contributed by atoms with Crippen molar-refractivity contribution in [3.63, 3.8) is 0 Å². The van der Waals surface area contributed by atoms with E-state index in [2.05, 4.69) is 143 Å². The van der Waals surface area contributed by atoms with Crippen LogP contribution in [0.3, 0.4) is 0 Å². The zero-order valence-electron chi connectivity index (χ0n) is 33.2. The molecule has 0 fully saturated rings. The van der Waals surface area contributed by atoms with Crippen LogP contribution in [0.25, 0.3) is 121 Å². The fraction of sp³-hybridized carbons (Fsp3) is 0. The molecule has 13 aromatic rings. The highest BCUT2D eigenvalue weighted by molar-refractivity contribution is 6.26. The van der Waals surface area contributed by atoms with E-state index in [1.165, 1.54) is 12.4 Å². The van der Waals surface area contributed by atoms with E-state index in [1.807, 2.05) is 48.5 Å². The molecule has 9 aromatic carbocycles. The van der Waals surface area contributed by atoms with E-state index in [4.69, 9.17) is 14.2 Å². The Morgan fingerprint density at radius 3 is 1.39 bits per heavy atom. The maximum Gasteiger partial charge on any atom is 0.145 e. The van der Waals surface area contributed by atoms with Gasteiger partial charge in [0.1, 0.15) is 22.3 Å². The van der Waals surface area contributed by atoms with E-state index in [1.54, 1.807) is 0 Å². The highest BCUT2D eigenvalue weighted by atomic mass is 16.3. The fourth-order valence-corrected chi connectivity index (χ4v) is 10.0. The standard InChI is InChI=1S/C56H34N4O2/c57-31-37-21-26-47(59-45-24-19-35(33-11-3-1-4-12-33)29-42(45)52-48(59)27-22-40-38-15-7-9-17-50(38)61-55(40)52)44(32-58)54(37)60-46-25-20-36(34-13-5-2-6-14-34)30-43(46)53-49(60)28-23-41-39-16-8-10-18-51(39)62-56(41)53/h1-32,57-58H. The summed E-state index contributed by atoms with van der Waals surface area (Å²) >= 11 is 0. The van der Waals surface area contributed by atoms with Crippen molar-refractivity contribution in [2.75, 3.05) is 0 Å². The third-order valence-corrected chi connectivity index (χ3v) is 12.7. The Hall–Kier alpha value is -8.48. The molecule has 0 aliphatic carbocycles. The number of aromatic nitrogens is 2. The molecule has 6 heteroatoms. The first-order valence-electron chi connectivity index (χ1n) is 20.7. The first-order valence-corrected chi connectivity index (χ1v) is 20.7. The first kappa shape index (κ1) is 34.4. The lowest BCUT2D eigenvalue weighted by molar-refractivity contribution is 0.672. The van der Waals surface area contributed by atoms with Crippen molar-refractivity contribution < 1.29 is 8.83 Å². The van der Waals surface area contributed by atoms with Crippen molar-refractivity contribution in [2.24, 2.45) is 0 Å². The number of rotatable bonds is 6. The van der Waals surface area contributed by atoms with Crippen molar-refractivity contribution in [3.05, 3.63) is 193 Å². The number of furan rings is 2. The number of para-hydroxylation sites is 2. The summed E-state index contributed by atoms with van der Waals surface area (Å²) in [5.41, 5.74) is 14.5. The van der Waals surface area contributed by atoms with Crippen LogP contribution in [-0.2, 0) is 0 Å². The van der Waals surface area contributed by atoms with E-state index in [0.29, 0.717) is 11.1 Å². The maximum atomic E-state index is 9.27. The Labute approximate surface area is 354 Å². The molecule has 0 aliphatic rings. The number of fused-ring (bicyclic) bond motifs is 14. The van der Waals surface area contributed by atoms with Gasteiger partial charge in [0.25, 0.3) is 0 Å². The van der Waals surface area contributed by atoms with Gasteiger partial charge in [0.15, 0.2) is 0 Å². The highest BCUT2D eigenvalue weighted by Crippen LogP contribution is 2.46. The number of hydrogen-bond acceptors (Lipinski definition) is 4. The molecule has 4 aromatic heterocycles. The van der Waals surface area contributed by atoms with Crippen LogP contribution in [0.15, 0.2) is 191 Å². The fourth-order valence-electron chi connectivity index (χ4n) is 10.0. The van der Waals surface area contributed by atoms with Gasteiger partial charge in [0.05, 0.1) is 44.2 Å². The Kier molecular flexibility index (Phi) is 7.22. The molecule has 0 bridgehead atoms. The molecule has 13 rings (SSSR count). The topological polar surface area (TPSA) is 83.8 Å². The Morgan fingerprint density at radius 2 is 0.855 bits per heavy atom. The average molecular weight is 795 g/mol. The minimum absolute atomic E-state index is 0.678. The van der Waals surface area contributed by atoms with Crippen LogP contribution in [0.4, 0.5) is 0 Å². The summed E-state index contributed by atoms with van der Waals surface area (Å²) in [6, 6.07) is 63.2. The second-order valence-corrected chi connectivity index (χ2v) is 16.0. The van der Waals surface area contributed by atoms with Gasteiger partial charge in [-0.05, 0) is 95.1 Å². The Bertz CT molecular complexity index is 4020. The molecular formula is C56H34N4O2. The van der Waals surface area contributed by atoms with E-state index in [0.717, 1.165) is 121 Å². The largest absolute Gasteiger partial charge is 0.455 e. The van der Waals surface area contributed by atoms with Gasteiger partial charge in [-0.2, -0.15) is 0 Å².